The third-order valence-corrected chi connectivity index (χ3v) is 7.29. The van der Waals surface area contributed by atoms with E-state index in [-0.39, 0.29) is 11.6 Å². The summed E-state index contributed by atoms with van der Waals surface area (Å²) in [7, 11) is 0. The molecule has 200 valence electrons. The summed E-state index contributed by atoms with van der Waals surface area (Å²) in [6.07, 6.45) is 11.3. The maximum Gasteiger partial charge on any atom is 0.367 e. The van der Waals surface area contributed by atoms with E-state index in [2.05, 4.69) is 37.6 Å². The van der Waals surface area contributed by atoms with Gasteiger partial charge in [0.2, 0.25) is 0 Å². The molecule has 0 aromatic carbocycles. The minimum Gasteiger partial charge on any atom is -0.465 e. The van der Waals surface area contributed by atoms with Crippen LogP contribution in [0.25, 0.3) is 0 Å². The van der Waals surface area contributed by atoms with Crippen LogP contribution < -0.4 is 4.52 Å². The Morgan fingerprint density at radius 3 is 2.29 bits per heavy atom. The standard InChI is InChI=1S/C24H43N4O5PS/c1-5-9-13-14-21-32-34(35,33-23-22(28(29)30)16-15-17-25-23)26-24(31-20-12-8-4)27(18-10-6-2)19-11-7-3/h15-17H,5-14,18-21H2,1-4H3. The van der Waals surface area contributed by atoms with Crippen LogP contribution in [0.2, 0.25) is 0 Å². The first-order valence-electron chi connectivity index (χ1n) is 12.9. The number of ether oxygens (including phenoxy) is 1. The molecule has 1 aromatic rings. The second kappa shape index (κ2) is 18.5. The van der Waals surface area contributed by atoms with Crippen molar-refractivity contribution in [3.05, 3.63) is 28.4 Å². The van der Waals surface area contributed by atoms with Crippen LogP contribution in [0.1, 0.15) is 91.9 Å². The third kappa shape index (κ3) is 12.7. The molecular formula is C24H43N4O5PS. The topological polar surface area (TPSA) is 99.3 Å². The predicted molar refractivity (Wildman–Crippen MR) is 146 cm³/mol. The minimum atomic E-state index is -3.39. The third-order valence-electron chi connectivity index (χ3n) is 5.17. The first-order valence-corrected chi connectivity index (χ1v) is 15.5. The number of rotatable bonds is 19. The average molecular weight is 531 g/mol. The molecule has 1 aromatic heterocycles. The van der Waals surface area contributed by atoms with Gasteiger partial charge in [-0.2, -0.15) is 0 Å². The van der Waals surface area contributed by atoms with Crippen molar-refractivity contribution in [3.63, 3.8) is 0 Å². The number of hydrogen-bond donors (Lipinski definition) is 0. The fourth-order valence-electron chi connectivity index (χ4n) is 3.08. The highest BCUT2D eigenvalue weighted by Crippen LogP contribution is 2.52. The van der Waals surface area contributed by atoms with E-state index < -0.39 is 11.6 Å². The molecule has 1 unspecified atom stereocenters. The van der Waals surface area contributed by atoms with Crippen molar-refractivity contribution in [2.45, 2.75) is 91.9 Å². The SMILES string of the molecule is CCCCCCOP(=S)(N=C(OCCCC)N(CCCC)CCCC)Oc1ncccc1[N+](=O)[O-]. The van der Waals surface area contributed by atoms with E-state index in [4.69, 9.17) is 30.4 Å². The predicted octanol–water partition coefficient (Wildman–Crippen LogP) is 7.26. The van der Waals surface area contributed by atoms with Crippen molar-refractivity contribution in [1.29, 1.82) is 0 Å². The molecule has 0 fully saturated rings. The summed E-state index contributed by atoms with van der Waals surface area (Å²) in [6.45, 7) is 7.53. The molecular weight excluding hydrogens is 487 g/mol. The number of pyridine rings is 1. The highest BCUT2D eigenvalue weighted by Gasteiger charge is 2.29. The molecule has 0 N–H and O–H groups in total. The fraction of sp³-hybridized carbons (Fsp3) is 0.750. The van der Waals surface area contributed by atoms with Gasteiger partial charge in [0.1, 0.15) is 0 Å². The lowest BCUT2D eigenvalue weighted by Gasteiger charge is -2.27. The number of hydrogen-bond acceptors (Lipinski definition) is 7. The van der Waals surface area contributed by atoms with Crippen molar-refractivity contribution in [1.82, 2.24) is 9.88 Å². The molecule has 0 aliphatic carbocycles. The molecule has 1 heterocycles. The molecule has 9 nitrogen and oxygen atoms in total. The Hall–Kier alpha value is -1.77. The zero-order valence-electron chi connectivity index (χ0n) is 21.8. The largest absolute Gasteiger partial charge is 0.465 e. The molecule has 1 atom stereocenters. The molecule has 0 spiro atoms. The summed E-state index contributed by atoms with van der Waals surface area (Å²) in [6, 6.07) is 3.22. The molecule has 0 amide bonds. The first-order chi connectivity index (χ1) is 16.9. The normalized spacial score (nSPS) is 13.3. The summed E-state index contributed by atoms with van der Waals surface area (Å²) in [4.78, 5) is 17.2. The summed E-state index contributed by atoms with van der Waals surface area (Å²) < 4.78 is 22.9. The molecule has 0 radical (unpaired) electrons. The van der Waals surface area contributed by atoms with E-state index in [0.717, 1.165) is 77.3 Å². The Bertz CT molecular complexity index is 804. The van der Waals surface area contributed by atoms with Crippen LogP contribution in [-0.4, -0.2) is 47.1 Å². The van der Waals surface area contributed by atoms with Gasteiger partial charge in [0.25, 0.3) is 11.9 Å². The zero-order valence-corrected chi connectivity index (χ0v) is 23.5. The van der Waals surface area contributed by atoms with Gasteiger partial charge >= 0.3 is 12.3 Å². The maximum absolute atomic E-state index is 11.5. The van der Waals surface area contributed by atoms with Crippen LogP contribution >= 0.6 is 6.64 Å². The Balaban J connectivity index is 3.35. The van der Waals surface area contributed by atoms with Gasteiger partial charge < -0.3 is 18.7 Å². The molecule has 0 aliphatic heterocycles. The van der Waals surface area contributed by atoms with Gasteiger partial charge in [0.05, 0.1) is 18.1 Å². The molecule has 35 heavy (non-hydrogen) atoms. The van der Waals surface area contributed by atoms with E-state index >= 15 is 0 Å². The van der Waals surface area contributed by atoms with Crippen LogP contribution in [0.4, 0.5) is 5.69 Å². The second-order valence-electron chi connectivity index (χ2n) is 8.32. The van der Waals surface area contributed by atoms with Gasteiger partial charge in [-0.3, -0.25) is 10.1 Å². The molecule has 1 rings (SSSR count). The van der Waals surface area contributed by atoms with Gasteiger partial charge in [-0.15, -0.1) is 4.76 Å². The Morgan fingerprint density at radius 2 is 1.69 bits per heavy atom. The van der Waals surface area contributed by atoms with E-state index in [1.807, 2.05) is 0 Å². The van der Waals surface area contributed by atoms with Gasteiger partial charge in [0.15, 0.2) is 0 Å². The number of nitro groups is 1. The summed E-state index contributed by atoms with van der Waals surface area (Å²) in [5.41, 5.74) is -0.270. The summed E-state index contributed by atoms with van der Waals surface area (Å²) in [5.74, 6) is -0.181. The minimum absolute atomic E-state index is 0.181. The molecule has 0 aliphatic rings. The monoisotopic (exact) mass is 530 g/mol. The lowest BCUT2D eigenvalue weighted by atomic mass is 10.2. The Kier molecular flexibility index (Phi) is 16.5. The van der Waals surface area contributed by atoms with Gasteiger partial charge in [-0.1, -0.05) is 66.2 Å². The van der Waals surface area contributed by atoms with Crippen molar-refractivity contribution in [3.8, 4) is 5.88 Å². The quantitative estimate of drug-likeness (QED) is 0.0460. The average Bonchev–Trinajstić information content (AvgIpc) is 2.84. The molecule has 0 saturated carbocycles. The van der Waals surface area contributed by atoms with E-state index in [1.54, 1.807) is 0 Å². The van der Waals surface area contributed by atoms with Crippen LogP contribution in [-0.2, 0) is 21.1 Å². The lowest BCUT2D eigenvalue weighted by Crippen LogP contribution is -2.35. The first kappa shape index (κ1) is 31.3. The summed E-state index contributed by atoms with van der Waals surface area (Å²) >= 11 is 5.82. The molecule has 11 heteroatoms. The number of unbranched alkanes of at least 4 members (excludes halogenated alkanes) is 6. The fourth-order valence-corrected chi connectivity index (χ4v) is 4.99. The summed E-state index contributed by atoms with van der Waals surface area (Å²) in [5, 5.41) is 11.5. The van der Waals surface area contributed by atoms with Crippen molar-refractivity contribution in [2.24, 2.45) is 4.76 Å². The lowest BCUT2D eigenvalue weighted by molar-refractivity contribution is -0.385. The second-order valence-corrected chi connectivity index (χ2v) is 11.3. The van der Waals surface area contributed by atoms with Crippen LogP contribution in [0.15, 0.2) is 23.1 Å². The van der Waals surface area contributed by atoms with Crippen LogP contribution in [0.3, 0.4) is 0 Å². The van der Waals surface area contributed by atoms with Crippen molar-refractivity contribution >= 4 is 30.2 Å². The van der Waals surface area contributed by atoms with Crippen LogP contribution in [0, 0.1) is 10.1 Å². The highest BCUT2D eigenvalue weighted by molar-refractivity contribution is 8.09. The maximum atomic E-state index is 11.5. The van der Waals surface area contributed by atoms with E-state index in [9.17, 15) is 10.1 Å². The Morgan fingerprint density at radius 1 is 1.03 bits per heavy atom. The molecule has 0 saturated heterocycles. The molecule has 0 bridgehead atoms. The van der Waals surface area contributed by atoms with E-state index in [0.29, 0.717) is 19.2 Å². The Labute approximate surface area is 216 Å². The highest BCUT2D eigenvalue weighted by atomic mass is 32.5. The van der Waals surface area contributed by atoms with Crippen molar-refractivity contribution < 1.29 is 18.7 Å². The smallest absolute Gasteiger partial charge is 0.367 e. The van der Waals surface area contributed by atoms with Gasteiger partial charge in [-0.05, 0) is 31.7 Å². The van der Waals surface area contributed by atoms with Crippen molar-refractivity contribution in [2.75, 3.05) is 26.3 Å². The number of amidine groups is 1. The van der Waals surface area contributed by atoms with E-state index in [1.165, 1.54) is 18.3 Å². The number of aromatic nitrogens is 1. The van der Waals surface area contributed by atoms with Gasteiger partial charge in [-0.25, -0.2) is 4.98 Å². The van der Waals surface area contributed by atoms with Gasteiger partial charge in [0, 0.05) is 37.2 Å². The zero-order chi connectivity index (χ0) is 25.9. The number of nitrogens with zero attached hydrogens (tertiary/aromatic N) is 4. The van der Waals surface area contributed by atoms with Crippen LogP contribution in [0.5, 0.6) is 5.88 Å².